The zero-order chi connectivity index (χ0) is 22.8. The number of halogens is 2. The van der Waals surface area contributed by atoms with Gasteiger partial charge < -0.3 is 19.4 Å². The van der Waals surface area contributed by atoms with E-state index in [0.29, 0.717) is 54.2 Å². The first kappa shape index (κ1) is 21.9. The van der Waals surface area contributed by atoms with Crippen LogP contribution in [0.5, 0.6) is 0 Å². The maximum atomic E-state index is 13.7. The number of hydrogen-bond acceptors (Lipinski definition) is 6. The van der Waals surface area contributed by atoms with Crippen LogP contribution in [-0.4, -0.2) is 68.2 Å². The molecule has 0 aliphatic carbocycles. The minimum Gasteiger partial charge on any atom is -0.378 e. The second-order valence-electron chi connectivity index (χ2n) is 8.02. The van der Waals surface area contributed by atoms with E-state index in [2.05, 4.69) is 9.88 Å². The van der Waals surface area contributed by atoms with Crippen molar-refractivity contribution in [3.63, 3.8) is 0 Å². The molecule has 7 nitrogen and oxygen atoms in total. The van der Waals surface area contributed by atoms with Gasteiger partial charge in [0.25, 0.3) is 5.91 Å². The van der Waals surface area contributed by atoms with E-state index < -0.39 is 11.6 Å². The quantitative estimate of drug-likeness (QED) is 0.607. The van der Waals surface area contributed by atoms with Crippen LogP contribution in [0.1, 0.15) is 15.9 Å². The van der Waals surface area contributed by atoms with Gasteiger partial charge in [0.2, 0.25) is 0 Å². The third-order valence-electron chi connectivity index (χ3n) is 5.36. The molecule has 1 saturated heterocycles. The lowest BCUT2D eigenvalue weighted by atomic mass is 10.1. The van der Waals surface area contributed by atoms with Gasteiger partial charge in [-0.05, 0) is 29.8 Å². The molecule has 3 aromatic rings. The Bertz CT molecular complexity index is 1130. The van der Waals surface area contributed by atoms with E-state index in [0.717, 1.165) is 11.9 Å². The first-order valence-electron chi connectivity index (χ1n) is 10.3. The molecule has 168 valence electrons. The number of amides is 1. The lowest BCUT2D eigenvalue weighted by Gasteiger charge is -2.28. The van der Waals surface area contributed by atoms with Crippen molar-refractivity contribution >= 4 is 28.4 Å². The van der Waals surface area contributed by atoms with Crippen LogP contribution in [0.4, 0.5) is 20.3 Å². The van der Waals surface area contributed by atoms with Gasteiger partial charge in [0.1, 0.15) is 23.0 Å². The highest BCUT2D eigenvalue weighted by Crippen LogP contribution is 2.29. The van der Waals surface area contributed by atoms with Crippen molar-refractivity contribution in [3.05, 3.63) is 59.3 Å². The summed E-state index contributed by atoms with van der Waals surface area (Å²) in [7, 11) is 5.15. The number of fused-ring (bicyclic) bond motifs is 1. The summed E-state index contributed by atoms with van der Waals surface area (Å²) in [4.78, 5) is 27.5. The first-order valence-corrected chi connectivity index (χ1v) is 10.3. The summed E-state index contributed by atoms with van der Waals surface area (Å²) < 4.78 is 32.8. The fraction of sp³-hybridized carbons (Fsp3) is 0.348. The van der Waals surface area contributed by atoms with Crippen LogP contribution in [0.3, 0.4) is 0 Å². The number of rotatable bonds is 5. The molecular formula is C23H25F2N5O2. The van der Waals surface area contributed by atoms with Gasteiger partial charge in [0, 0.05) is 52.4 Å². The Hall–Kier alpha value is -3.33. The van der Waals surface area contributed by atoms with E-state index in [1.807, 2.05) is 4.90 Å². The van der Waals surface area contributed by atoms with Crippen LogP contribution in [0, 0.1) is 11.6 Å². The molecule has 4 rings (SSSR count). The Kier molecular flexibility index (Phi) is 6.18. The molecule has 1 fully saturated rings. The van der Waals surface area contributed by atoms with Crippen LogP contribution < -0.4 is 9.80 Å². The highest BCUT2D eigenvalue weighted by Gasteiger charge is 2.19. The van der Waals surface area contributed by atoms with Crippen LogP contribution >= 0.6 is 0 Å². The molecule has 0 unspecified atom stereocenters. The van der Waals surface area contributed by atoms with Crippen molar-refractivity contribution in [1.82, 2.24) is 14.9 Å². The number of aromatic nitrogens is 2. The third-order valence-corrected chi connectivity index (χ3v) is 5.36. The van der Waals surface area contributed by atoms with Gasteiger partial charge in [-0.3, -0.25) is 9.78 Å². The van der Waals surface area contributed by atoms with E-state index >= 15 is 0 Å². The van der Waals surface area contributed by atoms with Gasteiger partial charge in [0.05, 0.1) is 30.6 Å². The van der Waals surface area contributed by atoms with E-state index in [1.165, 1.54) is 17.0 Å². The van der Waals surface area contributed by atoms with Crippen LogP contribution in [0.2, 0.25) is 0 Å². The first-order chi connectivity index (χ1) is 15.3. The smallest absolute Gasteiger partial charge is 0.253 e. The fourth-order valence-corrected chi connectivity index (χ4v) is 3.77. The molecule has 0 radical (unpaired) electrons. The van der Waals surface area contributed by atoms with Crippen LogP contribution in [0.15, 0.2) is 36.5 Å². The van der Waals surface area contributed by atoms with Gasteiger partial charge >= 0.3 is 0 Å². The van der Waals surface area contributed by atoms with E-state index in [-0.39, 0.29) is 12.5 Å². The number of nitrogens with zero attached hydrogens (tertiary/aromatic N) is 5. The number of carbonyl (C=O) groups excluding carboxylic acids is 1. The second kappa shape index (κ2) is 9.04. The van der Waals surface area contributed by atoms with Crippen molar-refractivity contribution in [2.75, 3.05) is 57.2 Å². The molecule has 2 heterocycles. The molecule has 2 aromatic carbocycles. The maximum Gasteiger partial charge on any atom is 0.253 e. The number of ether oxygens (including phenoxy) is 1. The predicted octanol–water partition coefficient (Wildman–Crippen LogP) is 3.08. The summed E-state index contributed by atoms with van der Waals surface area (Å²) in [6, 6.07) is 6.89. The standard InChI is InChI=1S/C23H25F2N5O2/c1-28(2)23(31)16-10-19-22(27-21(13-26-19)30-4-6-32-7-5-30)20(11-16)29(3)14-15-8-17(24)12-18(25)9-15/h8-13H,4-7,14H2,1-3H3. The zero-order valence-electron chi connectivity index (χ0n) is 18.3. The topological polar surface area (TPSA) is 61.8 Å². The van der Waals surface area contributed by atoms with Crippen molar-refractivity contribution in [1.29, 1.82) is 0 Å². The summed E-state index contributed by atoms with van der Waals surface area (Å²) in [5.41, 5.74) is 2.77. The van der Waals surface area contributed by atoms with Gasteiger partial charge in [-0.25, -0.2) is 13.8 Å². The molecule has 0 atom stereocenters. The van der Waals surface area contributed by atoms with E-state index in [9.17, 15) is 13.6 Å². The number of carbonyl (C=O) groups is 1. The summed E-state index contributed by atoms with van der Waals surface area (Å²) >= 11 is 0. The van der Waals surface area contributed by atoms with E-state index in [1.54, 1.807) is 39.5 Å². The molecule has 1 aliphatic rings. The average Bonchev–Trinajstić information content (AvgIpc) is 2.77. The number of benzene rings is 2. The lowest BCUT2D eigenvalue weighted by Crippen LogP contribution is -2.36. The summed E-state index contributed by atoms with van der Waals surface area (Å²) in [5.74, 6) is -0.718. The third kappa shape index (κ3) is 4.62. The molecule has 1 aromatic heterocycles. The van der Waals surface area contributed by atoms with Crippen molar-refractivity contribution in [2.45, 2.75) is 6.54 Å². The normalized spacial score (nSPS) is 14.0. The average molecular weight is 441 g/mol. The van der Waals surface area contributed by atoms with Crippen molar-refractivity contribution < 1.29 is 18.3 Å². The summed E-state index contributed by atoms with van der Waals surface area (Å²) in [6.45, 7) is 2.89. The Morgan fingerprint density at radius 3 is 2.41 bits per heavy atom. The van der Waals surface area contributed by atoms with Crippen molar-refractivity contribution in [2.24, 2.45) is 0 Å². The minimum atomic E-state index is -0.635. The Morgan fingerprint density at radius 2 is 1.75 bits per heavy atom. The highest BCUT2D eigenvalue weighted by molar-refractivity contribution is 6.01. The molecule has 32 heavy (non-hydrogen) atoms. The highest BCUT2D eigenvalue weighted by atomic mass is 19.1. The summed E-state index contributed by atoms with van der Waals surface area (Å²) in [6.07, 6.45) is 1.70. The zero-order valence-corrected chi connectivity index (χ0v) is 18.3. The largest absolute Gasteiger partial charge is 0.378 e. The Labute approximate surface area is 185 Å². The Balaban J connectivity index is 1.79. The lowest BCUT2D eigenvalue weighted by molar-refractivity contribution is 0.0827. The SMILES string of the molecule is CN(C)C(=O)c1cc(N(C)Cc2cc(F)cc(F)c2)c2nc(N3CCOCC3)cnc2c1. The van der Waals surface area contributed by atoms with Crippen molar-refractivity contribution in [3.8, 4) is 0 Å². The molecule has 0 N–H and O–H groups in total. The molecule has 9 heteroatoms. The molecule has 0 spiro atoms. The van der Waals surface area contributed by atoms with Gasteiger partial charge in [-0.2, -0.15) is 0 Å². The minimum absolute atomic E-state index is 0.169. The van der Waals surface area contributed by atoms with Crippen LogP contribution in [0.25, 0.3) is 11.0 Å². The molecule has 1 amide bonds. The second-order valence-corrected chi connectivity index (χ2v) is 8.02. The number of morpholine rings is 1. The Morgan fingerprint density at radius 1 is 1.06 bits per heavy atom. The molecule has 0 saturated carbocycles. The van der Waals surface area contributed by atoms with Gasteiger partial charge in [-0.1, -0.05) is 0 Å². The van der Waals surface area contributed by atoms with E-state index in [4.69, 9.17) is 9.72 Å². The number of anilines is 2. The predicted molar refractivity (Wildman–Crippen MR) is 119 cm³/mol. The summed E-state index contributed by atoms with van der Waals surface area (Å²) in [5, 5.41) is 0. The molecular weight excluding hydrogens is 416 g/mol. The monoisotopic (exact) mass is 441 g/mol. The number of hydrogen-bond donors (Lipinski definition) is 0. The van der Waals surface area contributed by atoms with Gasteiger partial charge in [0.15, 0.2) is 0 Å². The van der Waals surface area contributed by atoms with Gasteiger partial charge in [-0.15, -0.1) is 0 Å². The molecule has 0 bridgehead atoms. The molecule has 1 aliphatic heterocycles. The fourth-order valence-electron chi connectivity index (χ4n) is 3.77. The van der Waals surface area contributed by atoms with Crippen LogP contribution in [-0.2, 0) is 11.3 Å². The maximum absolute atomic E-state index is 13.7.